The summed E-state index contributed by atoms with van der Waals surface area (Å²) in [5, 5.41) is 19.7. The summed E-state index contributed by atoms with van der Waals surface area (Å²) in [5.74, 6) is 0.285. The zero-order valence-corrected chi connectivity index (χ0v) is 12.9. The number of carboxylic acid groups (broad SMARTS) is 1. The zero-order valence-electron chi connectivity index (χ0n) is 12.9. The molecule has 0 radical (unpaired) electrons. The number of aliphatic hydroxyl groups is 1. The summed E-state index contributed by atoms with van der Waals surface area (Å²) < 4.78 is 5.30. The van der Waals surface area contributed by atoms with Crippen molar-refractivity contribution < 1.29 is 19.4 Å². The average Bonchev–Trinajstić information content (AvgIpc) is 3.09. The molecule has 1 aromatic carbocycles. The third-order valence-electron chi connectivity index (χ3n) is 5.30. The monoisotopic (exact) mass is 315 g/mol. The fraction of sp³-hybridized carbons (Fsp3) is 0.500. The molecule has 1 aliphatic heterocycles. The normalized spacial score (nSPS) is 28.1. The molecule has 5 nitrogen and oxygen atoms in total. The smallest absolute Gasteiger partial charge is 0.371 e. The van der Waals surface area contributed by atoms with Gasteiger partial charge in [-0.15, -0.1) is 0 Å². The van der Waals surface area contributed by atoms with Crippen LogP contribution in [0.2, 0.25) is 0 Å². The second-order valence-corrected chi connectivity index (χ2v) is 6.97. The molecule has 2 N–H and O–H groups in total. The first-order valence-electron chi connectivity index (χ1n) is 8.24. The van der Waals surface area contributed by atoms with E-state index in [-0.39, 0.29) is 11.9 Å². The van der Waals surface area contributed by atoms with Crippen LogP contribution in [0.15, 0.2) is 28.7 Å². The first kappa shape index (κ1) is 14.7. The Labute approximate surface area is 134 Å². The Morgan fingerprint density at radius 3 is 2.87 bits per heavy atom. The Morgan fingerprint density at radius 1 is 1.22 bits per heavy atom. The number of likely N-dealkylation sites (tertiary alicyclic amines) is 1. The Morgan fingerprint density at radius 2 is 2.04 bits per heavy atom. The van der Waals surface area contributed by atoms with Gasteiger partial charge in [-0.25, -0.2) is 4.79 Å². The van der Waals surface area contributed by atoms with Gasteiger partial charge in [0.25, 0.3) is 0 Å². The van der Waals surface area contributed by atoms with Crippen LogP contribution in [0, 0.1) is 11.8 Å². The quantitative estimate of drug-likeness (QED) is 0.911. The van der Waals surface area contributed by atoms with Crippen molar-refractivity contribution in [3.05, 3.63) is 35.6 Å². The summed E-state index contributed by atoms with van der Waals surface area (Å²) in [6.07, 6.45) is 2.89. The van der Waals surface area contributed by atoms with Gasteiger partial charge in [-0.3, -0.25) is 4.90 Å². The van der Waals surface area contributed by atoms with E-state index in [1.54, 1.807) is 6.07 Å². The van der Waals surface area contributed by atoms with E-state index >= 15 is 0 Å². The van der Waals surface area contributed by atoms with Gasteiger partial charge >= 0.3 is 5.97 Å². The lowest BCUT2D eigenvalue weighted by molar-refractivity contribution is 0.0665. The molecule has 2 aromatic rings. The van der Waals surface area contributed by atoms with Crippen LogP contribution in [0.5, 0.6) is 0 Å². The van der Waals surface area contributed by atoms with Crippen LogP contribution in [0.3, 0.4) is 0 Å². The molecular weight excluding hydrogens is 294 g/mol. The molecule has 2 heterocycles. The first-order valence-corrected chi connectivity index (χ1v) is 8.24. The van der Waals surface area contributed by atoms with Gasteiger partial charge in [0.1, 0.15) is 5.58 Å². The van der Waals surface area contributed by atoms with Crippen molar-refractivity contribution in [2.45, 2.75) is 31.9 Å². The van der Waals surface area contributed by atoms with Crippen molar-refractivity contribution in [1.82, 2.24) is 4.90 Å². The van der Waals surface area contributed by atoms with Crippen LogP contribution in [0.1, 0.15) is 35.4 Å². The van der Waals surface area contributed by atoms with Gasteiger partial charge in [0.15, 0.2) is 0 Å². The van der Waals surface area contributed by atoms with Gasteiger partial charge in [0, 0.05) is 25.0 Å². The molecule has 3 atom stereocenters. The van der Waals surface area contributed by atoms with Gasteiger partial charge in [0.05, 0.1) is 6.10 Å². The standard InChI is InChI=1S/C18H21NO4/c20-15-3-2-12-9-19(10-14(12)6-15)8-11-1-4-16-13(5-11)7-17(23-16)18(21)22/h1,4-5,7,12,14-15,20H,2-3,6,8-10H2,(H,21,22)/t12-,14+,15-/m1/s1. The third-order valence-corrected chi connectivity index (χ3v) is 5.30. The Bertz CT molecular complexity index is 738. The highest BCUT2D eigenvalue weighted by molar-refractivity contribution is 5.91. The van der Waals surface area contributed by atoms with Crippen molar-refractivity contribution >= 4 is 16.9 Å². The van der Waals surface area contributed by atoms with Crippen LogP contribution in [0.25, 0.3) is 11.0 Å². The van der Waals surface area contributed by atoms with E-state index in [0.29, 0.717) is 11.5 Å². The second kappa shape index (κ2) is 5.65. The lowest BCUT2D eigenvalue weighted by Crippen LogP contribution is -2.26. The molecule has 1 saturated carbocycles. The average molecular weight is 315 g/mol. The van der Waals surface area contributed by atoms with E-state index in [4.69, 9.17) is 9.52 Å². The molecule has 0 bridgehead atoms. The fourth-order valence-corrected chi connectivity index (χ4v) is 4.19. The van der Waals surface area contributed by atoms with E-state index in [1.165, 1.54) is 5.56 Å². The predicted octanol–water partition coefficient (Wildman–Crippen LogP) is 2.72. The highest BCUT2D eigenvalue weighted by atomic mass is 16.4. The predicted molar refractivity (Wildman–Crippen MR) is 85.3 cm³/mol. The number of rotatable bonds is 3. The maximum atomic E-state index is 11.0. The minimum absolute atomic E-state index is 0.0154. The molecule has 2 fully saturated rings. The second-order valence-electron chi connectivity index (χ2n) is 6.97. The molecule has 2 aliphatic rings. The summed E-state index contributed by atoms with van der Waals surface area (Å²) in [4.78, 5) is 13.4. The van der Waals surface area contributed by atoms with Gasteiger partial charge in [-0.2, -0.15) is 0 Å². The number of aliphatic hydroxyl groups excluding tert-OH is 1. The molecular formula is C18H21NO4. The highest BCUT2D eigenvalue weighted by Crippen LogP contribution is 2.37. The maximum Gasteiger partial charge on any atom is 0.371 e. The lowest BCUT2D eigenvalue weighted by atomic mass is 9.80. The number of nitrogens with zero attached hydrogens (tertiary/aromatic N) is 1. The van der Waals surface area contributed by atoms with Gasteiger partial charge in [-0.05, 0) is 54.9 Å². The summed E-state index contributed by atoms with van der Waals surface area (Å²) in [6.45, 7) is 3.01. The van der Waals surface area contributed by atoms with E-state index in [0.717, 1.165) is 50.2 Å². The van der Waals surface area contributed by atoms with E-state index in [2.05, 4.69) is 4.90 Å². The minimum Gasteiger partial charge on any atom is -0.475 e. The molecule has 5 heteroatoms. The Balaban J connectivity index is 1.48. The van der Waals surface area contributed by atoms with Crippen molar-refractivity contribution in [1.29, 1.82) is 0 Å². The van der Waals surface area contributed by atoms with Crippen LogP contribution >= 0.6 is 0 Å². The molecule has 1 saturated heterocycles. The molecule has 0 unspecified atom stereocenters. The minimum atomic E-state index is -1.04. The molecule has 4 rings (SSSR count). The van der Waals surface area contributed by atoms with Crippen LogP contribution in [0.4, 0.5) is 0 Å². The molecule has 1 aromatic heterocycles. The first-order chi connectivity index (χ1) is 11.1. The van der Waals surface area contributed by atoms with Crippen LogP contribution < -0.4 is 0 Å². The molecule has 122 valence electrons. The van der Waals surface area contributed by atoms with E-state index in [9.17, 15) is 9.90 Å². The number of hydrogen-bond acceptors (Lipinski definition) is 4. The number of furan rings is 1. The molecule has 0 spiro atoms. The van der Waals surface area contributed by atoms with E-state index in [1.807, 2.05) is 18.2 Å². The van der Waals surface area contributed by atoms with Crippen LogP contribution in [-0.4, -0.2) is 40.3 Å². The van der Waals surface area contributed by atoms with Crippen molar-refractivity contribution in [3.8, 4) is 0 Å². The number of aromatic carboxylic acids is 1. The number of benzene rings is 1. The molecule has 0 amide bonds. The zero-order chi connectivity index (χ0) is 16.0. The number of carbonyl (C=O) groups is 1. The Hall–Kier alpha value is -1.85. The van der Waals surface area contributed by atoms with Gasteiger partial charge < -0.3 is 14.6 Å². The van der Waals surface area contributed by atoms with Crippen LogP contribution in [-0.2, 0) is 6.54 Å². The van der Waals surface area contributed by atoms with Crippen molar-refractivity contribution in [2.24, 2.45) is 11.8 Å². The van der Waals surface area contributed by atoms with Crippen molar-refractivity contribution in [2.75, 3.05) is 13.1 Å². The summed E-state index contributed by atoms with van der Waals surface area (Å²) >= 11 is 0. The molecule has 23 heavy (non-hydrogen) atoms. The molecule has 1 aliphatic carbocycles. The largest absolute Gasteiger partial charge is 0.475 e. The summed E-state index contributed by atoms with van der Waals surface area (Å²) in [6, 6.07) is 7.46. The summed E-state index contributed by atoms with van der Waals surface area (Å²) in [7, 11) is 0. The fourth-order valence-electron chi connectivity index (χ4n) is 4.19. The maximum absolute atomic E-state index is 11.0. The topological polar surface area (TPSA) is 73.9 Å². The van der Waals surface area contributed by atoms with Gasteiger partial charge in [0.2, 0.25) is 5.76 Å². The number of carboxylic acids is 1. The summed E-state index contributed by atoms with van der Waals surface area (Å²) in [5.41, 5.74) is 1.79. The number of fused-ring (bicyclic) bond motifs is 2. The van der Waals surface area contributed by atoms with E-state index < -0.39 is 5.97 Å². The lowest BCUT2D eigenvalue weighted by Gasteiger charge is -2.27. The Kier molecular flexibility index (Phi) is 3.62. The highest BCUT2D eigenvalue weighted by Gasteiger charge is 2.36. The SMILES string of the molecule is O=C(O)c1cc2cc(CN3C[C@H]4CC[C@@H](O)C[C@H]4C3)ccc2o1. The third kappa shape index (κ3) is 2.86. The number of hydrogen-bond donors (Lipinski definition) is 2. The van der Waals surface area contributed by atoms with Gasteiger partial charge in [-0.1, -0.05) is 6.07 Å². The van der Waals surface area contributed by atoms with Crippen molar-refractivity contribution in [3.63, 3.8) is 0 Å².